The fourth-order valence-corrected chi connectivity index (χ4v) is 5.36. The number of fused-ring (bicyclic) bond motifs is 5. The van der Waals surface area contributed by atoms with Crippen LogP contribution in [-0.2, 0) is 9.59 Å². The van der Waals surface area contributed by atoms with Gasteiger partial charge in [-0.05, 0) is 29.1 Å². The van der Waals surface area contributed by atoms with Crippen molar-refractivity contribution in [2.24, 2.45) is 11.8 Å². The number of carbonyl (C=O) groups is 2. The molecular weight excluding hydrogens is 440 g/mol. The second kappa shape index (κ2) is 7.66. The lowest BCUT2D eigenvalue weighted by molar-refractivity contribution is -0.145. The first-order valence-electron chi connectivity index (χ1n) is 11.2. The molecule has 168 valence electrons. The number of anilines is 4. The van der Waals surface area contributed by atoms with Gasteiger partial charge in [0.25, 0.3) is 0 Å². The van der Waals surface area contributed by atoms with Crippen molar-refractivity contribution in [1.29, 1.82) is 10.5 Å². The quantitative estimate of drug-likeness (QED) is 0.387. The van der Waals surface area contributed by atoms with Crippen LogP contribution in [0.5, 0.6) is 0 Å². The zero-order valence-corrected chi connectivity index (χ0v) is 18.3. The number of nitrogens with one attached hydrogen (secondary N) is 2. The van der Waals surface area contributed by atoms with Crippen LogP contribution in [0.15, 0.2) is 66.8 Å². The van der Waals surface area contributed by atoms with E-state index in [4.69, 9.17) is 0 Å². The van der Waals surface area contributed by atoms with Gasteiger partial charge in [0.05, 0.1) is 51.6 Å². The fraction of sp³-hybridized carbons (Fsp3) is 0.143. The number of aliphatic hydroxyl groups excluding tert-OH is 1. The number of rotatable bonds is 1. The zero-order valence-electron chi connectivity index (χ0n) is 18.3. The standard InChI is InChI=1S/C28H18N4O3/c29-12-14-9-21-22(10-15(14)13-30)32-25-17-6-2-1-5-16(17)20(11-23(25)31-21)24-26(33)18-7-3-4-8-19(18)27(34)28(24)35/h1-11,18-19,24,28,31-32,35H. The SMILES string of the molecule is N#Cc1cc2c(cc1C#N)Nc1c(cc(C3C(=O)C4C=CC=CC4C(=O)C3O)c3ccccc13)N2. The van der Waals surface area contributed by atoms with Crippen LogP contribution in [0.3, 0.4) is 0 Å². The summed E-state index contributed by atoms with van der Waals surface area (Å²) in [6.07, 6.45) is 5.45. The maximum absolute atomic E-state index is 13.6. The van der Waals surface area contributed by atoms with Gasteiger partial charge in [-0.15, -0.1) is 0 Å². The van der Waals surface area contributed by atoms with Gasteiger partial charge in [-0.3, -0.25) is 9.59 Å². The predicted octanol–water partition coefficient (Wildman–Crippen LogP) is 4.34. The van der Waals surface area contributed by atoms with Crippen molar-refractivity contribution in [3.63, 3.8) is 0 Å². The molecule has 0 spiro atoms. The Balaban J connectivity index is 1.53. The first kappa shape index (κ1) is 20.9. The maximum Gasteiger partial charge on any atom is 0.170 e. The summed E-state index contributed by atoms with van der Waals surface area (Å²) in [4.78, 5) is 26.6. The number of Topliss-reactive ketones (excluding diaryl/α,β-unsaturated/α-hetero) is 2. The number of ketones is 2. The first-order valence-corrected chi connectivity index (χ1v) is 11.2. The number of hydrogen-bond acceptors (Lipinski definition) is 7. The highest BCUT2D eigenvalue weighted by atomic mass is 16.3. The summed E-state index contributed by atoms with van der Waals surface area (Å²) in [7, 11) is 0. The molecule has 3 N–H and O–H groups in total. The molecule has 3 aliphatic rings. The normalized spacial score (nSPS) is 23.9. The molecule has 4 unspecified atom stereocenters. The zero-order chi connectivity index (χ0) is 24.3. The van der Waals surface area contributed by atoms with Crippen molar-refractivity contribution < 1.29 is 14.7 Å². The molecule has 0 amide bonds. The highest BCUT2D eigenvalue weighted by molar-refractivity contribution is 6.12. The smallest absolute Gasteiger partial charge is 0.170 e. The molecule has 4 atom stereocenters. The second-order valence-electron chi connectivity index (χ2n) is 8.90. The minimum Gasteiger partial charge on any atom is -0.384 e. The van der Waals surface area contributed by atoms with Gasteiger partial charge in [0, 0.05) is 5.39 Å². The highest BCUT2D eigenvalue weighted by Crippen LogP contribution is 2.48. The Kier molecular flexibility index (Phi) is 4.57. The minimum atomic E-state index is -1.45. The summed E-state index contributed by atoms with van der Waals surface area (Å²) in [5.74, 6) is -2.81. The van der Waals surface area contributed by atoms with E-state index < -0.39 is 23.9 Å². The van der Waals surface area contributed by atoms with Gasteiger partial charge in [-0.25, -0.2) is 0 Å². The van der Waals surface area contributed by atoms with Crippen molar-refractivity contribution in [3.05, 3.63) is 83.5 Å². The predicted molar refractivity (Wildman–Crippen MR) is 130 cm³/mol. The third-order valence-electron chi connectivity index (χ3n) is 7.04. The van der Waals surface area contributed by atoms with Crippen LogP contribution in [-0.4, -0.2) is 22.8 Å². The molecule has 1 saturated carbocycles. The van der Waals surface area contributed by atoms with Crippen LogP contribution in [0, 0.1) is 34.5 Å². The van der Waals surface area contributed by atoms with Crippen molar-refractivity contribution in [2.75, 3.05) is 10.6 Å². The van der Waals surface area contributed by atoms with E-state index in [0.717, 1.165) is 16.5 Å². The summed E-state index contributed by atoms with van der Waals surface area (Å²) in [5.41, 5.74) is 3.73. The molecule has 0 bridgehead atoms. The van der Waals surface area contributed by atoms with Crippen LogP contribution in [0.25, 0.3) is 10.8 Å². The largest absolute Gasteiger partial charge is 0.384 e. The third kappa shape index (κ3) is 3.00. The summed E-state index contributed by atoms with van der Waals surface area (Å²) in [5, 5.41) is 38.1. The van der Waals surface area contributed by atoms with E-state index in [0.29, 0.717) is 22.6 Å². The molecule has 7 heteroatoms. The fourth-order valence-electron chi connectivity index (χ4n) is 5.36. The Morgan fingerprint density at radius 1 is 0.771 bits per heavy atom. The lowest BCUT2D eigenvalue weighted by Gasteiger charge is -2.36. The summed E-state index contributed by atoms with van der Waals surface area (Å²) in [6, 6.07) is 16.6. The highest BCUT2D eigenvalue weighted by Gasteiger charge is 2.48. The number of hydrogen-bond donors (Lipinski definition) is 3. The molecule has 3 aromatic rings. The van der Waals surface area contributed by atoms with Crippen molar-refractivity contribution in [1.82, 2.24) is 0 Å². The molecule has 1 aliphatic heterocycles. The maximum atomic E-state index is 13.6. The molecule has 1 fully saturated rings. The Bertz CT molecular complexity index is 1610. The monoisotopic (exact) mass is 458 g/mol. The first-order chi connectivity index (χ1) is 17.0. The van der Waals surface area contributed by atoms with Gasteiger partial charge >= 0.3 is 0 Å². The number of aliphatic hydroxyl groups is 1. The van der Waals surface area contributed by atoms with E-state index in [1.807, 2.05) is 36.4 Å². The Hall–Kier alpha value is -4.72. The molecule has 1 heterocycles. The Labute approximate surface area is 200 Å². The second-order valence-corrected chi connectivity index (χ2v) is 8.90. The topological polar surface area (TPSA) is 126 Å². The van der Waals surface area contributed by atoms with Crippen LogP contribution in [0.2, 0.25) is 0 Å². The van der Waals surface area contributed by atoms with Crippen LogP contribution in [0.1, 0.15) is 22.6 Å². The molecular formula is C28H18N4O3. The number of benzene rings is 3. The van der Waals surface area contributed by atoms with E-state index in [1.54, 1.807) is 42.5 Å². The average Bonchev–Trinajstić information content (AvgIpc) is 2.90. The lowest BCUT2D eigenvalue weighted by atomic mass is 9.66. The Morgan fingerprint density at radius 3 is 2.03 bits per heavy atom. The van der Waals surface area contributed by atoms with E-state index >= 15 is 0 Å². The van der Waals surface area contributed by atoms with Crippen LogP contribution >= 0.6 is 0 Å². The van der Waals surface area contributed by atoms with Gasteiger partial charge in [0.1, 0.15) is 18.2 Å². The summed E-state index contributed by atoms with van der Waals surface area (Å²) in [6.45, 7) is 0. The molecule has 2 aliphatic carbocycles. The van der Waals surface area contributed by atoms with Gasteiger partial charge in [0.15, 0.2) is 11.6 Å². The van der Waals surface area contributed by atoms with Crippen molar-refractivity contribution in [2.45, 2.75) is 12.0 Å². The third-order valence-corrected chi connectivity index (χ3v) is 7.04. The van der Waals surface area contributed by atoms with Crippen molar-refractivity contribution in [3.8, 4) is 12.1 Å². The van der Waals surface area contributed by atoms with Gasteiger partial charge < -0.3 is 15.7 Å². The molecule has 0 aromatic heterocycles. The Morgan fingerprint density at radius 2 is 1.37 bits per heavy atom. The lowest BCUT2D eigenvalue weighted by Crippen LogP contribution is -2.48. The molecule has 3 aromatic carbocycles. The van der Waals surface area contributed by atoms with Crippen molar-refractivity contribution >= 4 is 45.1 Å². The molecule has 7 nitrogen and oxygen atoms in total. The van der Waals surface area contributed by atoms with E-state index in [2.05, 4.69) is 10.6 Å². The summed E-state index contributed by atoms with van der Waals surface area (Å²) >= 11 is 0. The van der Waals surface area contributed by atoms with E-state index in [9.17, 15) is 25.2 Å². The molecule has 0 radical (unpaired) electrons. The van der Waals surface area contributed by atoms with Crippen LogP contribution in [0.4, 0.5) is 22.7 Å². The van der Waals surface area contributed by atoms with Crippen LogP contribution < -0.4 is 10.6 Å². The molecule has 6 rings (SSSR count). The number of nitrogens with zero attached hydrogens (tertiary/aromatic N) is 2. The number of nitriles is 2. The number of allylic oxidation sites excluding steroid dienone is 4. The minimum absolute atomic E-state index is 0.192. The average molecular weight is 458 g/mol. The van der Waals surface area contributed by atoms with Gasteiger partial charge in [-0.2, -0.15) is 10.5 Å². The van der Waals surface area contributed by atoms with E-state index in [1.165, 1.54) is 0 Å². The molecule has 0 saturated heterocycles. The van der Waals surface area contributed by atoms with E-state index in [-0.39, 0.29) is 22.7 Å². The summed E-state index contributed by atoms with van der Waals surface area (Å²) < 4.78 is 0. The van der Waals surface area contributed by atoms with Gasteiger partial charge in [-0.1, -0.05) is 48.6 Å². The molecule has 35 heavy (non-hydrogen) atoms. The number of carbonyl (C=O) groups excluding carboxylic acids is 2. The van der Waals surface area contributed by atoms with Gasteiger partial charge in [0.2, 0.25) is 0 Å².